The van der Waals surface area contributed by atoms with Crippen LogP contribution in [0.25, 0.3) is 0 Å². The maximum Gasteiger partial charge on any atom is 0.232 e. The summed E-state index contributed by atoms with van der Waals surface area (Å²) in [4.78, 5) is 14.8. The number of rotatable bonds is 5. The third-order valence-corrected chi connectivity index (χ3v) is 4.52. The molecule has 136 valence electrons. The van der Waals surface area contributed by atoms with Gasteiger partial charge in [0, 0.05) is 19.1 Å². The minimum absolute atomic E-state index is 0. The van der Waals surface area contributed by atoms with Crippen LogP contribution in [0.5, 0.6) is 5.75 Å². The van der Waals surface area contributed by atoms with E-state index in [0.717, 1.165) is 37.2 Å². The highest BCUT2D eigenvalue weighted by molar-refractivity contribution is 5.87. The van der Waals surface area contributed by atoms with Crippen molar-refractivity contribution in [1.29, 1.82) is 0 Å². The number of nitrogens with zero attached hydrogens (tertiary/aromatic N) is 1. The molecule has 1 aliphatic rings. The van der Waals surface area contributed by atoms with Crippen molar-refractivity contribution in [3.05, 3.63) is 29.8 Å². The fourth-order valence-corrected chi connectivity index (χ4v) is 2.85. The number of amides is 1. The summed E-state index contributed by atoms with van der Waals surface area (Å²) in [5.74, 6) is 1.54. The van der Waals surface area contributed by atoms with E-state index in [9.17, 15) is 4.79 Å². The molecule has 1 aliphatic heterocycles. The van der Waals surface area contributed by atoms with E-state index in [2.05, 4.69) is 13.8 Å². The third kappa shape index (κ3) is 5.12. The number of halogens is 1. The van der Waals surface area contributed by atoms with E-state index in [1.54, 1.807) is 0 Å². The molecule has 2 rings (SSSR count). The summed E-state index contributed by atoms with van der Waals surface area (Å²) in [6.07, 6.45) is 1.79. The molecule has 0 radical (unpaired) electrons. The number of ether oxygens (including phenoxy) is 1. The molecule has 2 N–H and O–H groups in total. The Morgan fingerprint density at radius 2 is 1.79 bits per heavy atom. The topological polar surface area (TPSA) is 55.6 Å². The van der Waals surface area contributed by atoms with Gasteiger partial charge < -0.3 is 15.4 Å². The Kier molecular flexibility index (Phi) is 7.56. The molecule has 1 heterocycles. The molecule has 1 fully saturated rings. The normalized spacial score (nSPS) is 16.0. The summed E-state index contributed by atoms with van der Waals surface area (Å²) < 4.78 is 5.71. The number of carbonyl (C=O) groups excluding carboxylic acids is 1. The zero-order valence-electron chi connectivity index (χ0n) is 15.2. The van der Waals surface area contributed by atoms with E-state index < -0.39 is 5.41 Å². The first kappa shape index (κ1) is 20.8. The predicted molar refractivity (Wildman–Crippen MR) is 101 cm³/mol. The van der Waals surface area contributed by atoms with Gasteiger partial charge in [0.15, 0.2) is 0 Å². The van der Waals surface area contributed by atoms with Crippen molar-refractivity contribution in [2.75, 3.05) is 19.7 Å². The van der Waals surface area contributed by atoms with Crippen LogP contribution in [-0.4, -0.2) is 36.5 Å². The summed E-state index contributed by atoms with van der Waals surface area (Å²) in [5, 5.41) is 0. The van der Waals surface area contributed by atoms with E-state index in [0.29, 0.717) is 12.5 Å². The molecule has 0 unspecified atom stereocenters. The Morgan fingerprint density at radius 3 is 2.29 bits per heavy atom. The molecule has 0 bridgehead atoms. The van der Waals surface area contributed by atoms with Crippen LogP contribution in [-0.2, 0) is 10.2 Å². The summed E-state index contributed by atoms with van der Waals surface area (Å²) in [6, 6.07) is 8.16. The Morgan fingerprint density at radius 1 is 1.25 bits per heavy atom. The van der Waals surface area contributed by atoms with Crippen molar-refractivity contribution in [1.82, 2.24) is 4.90 Å². The monoisotopic (exact) mass is 354 g/mol. The summed E-state index contributed by atoms with van der Waals surface area (Å²) in [5.41, 5.74) is 6.42. The highest BCUT2D eigenvalue weighted by Gasteiger charge is 2.35. The van der Waals surface area contributed by atoms with Gasteiger partial charge in [0.25, 0.3) is 0 Å². The minimum atomic E-state index is -0.530. The number of benzene rings is 1. The van der Waals surface area contributed by atoms with Crippen LogP contribution in [0.3, 0.4) is 0 Å². The molecule has 0 atom stereocenters. The zero-order chi connectivity index (χ0) is 17.0. The molecular formula is C19H31ClN2O2. The van der Waals surface area contributed by atoms with Crippen molar-refractivity contribution >= 4 is 18.3 Å². The first-order valence-electron chi connectivity index (χ1n) is 8.59. The largest absolute Gasteiger partial charge is 0.493 e. The lowest BCUT2D eigenvalue weighted by atomic mass is 9.82. The van der Waals surface area contributed by atoms with E-state index in [-0.39, 0.29) is 24.4 Å². The lowest BCUT2D eigenvalue weighted by Crippen LogP contribution is -2.49. The van der Waals surface area contributed by atoms with Crippen molar-refractivity contribution in [3.8, 4) is 5.75 Å². The summed E-state index contributed by atoms with van der Waals surface area (Å²) in [6.45, 7) is 10.5. The van der Waals surface area contributed by atoms with Crippen LogP contribution >= 0.6 is 12.4 Å². The van der Waals surface area contributed by atoms with Crippen LogP contribution in [0.15, 0.2) is 24.3 Å². The second-order valence-corrected chi connectivity index (χ2v) is 7.48. The lowest BCUT2D eigenvalue weighted by molar-refractivity contribution is -0.137. The van der Waals surface area contributed by atoms with Gasteiger partial charge in [-0.1, -0.05) is 26.0 Å². The van der Waals surface area contributed by atoms with Gasteiger partial charge in [-0.15, -0.1) is 12.4 Å². The van der Waals surface area contributed by atoms with Gasteiger partial charge in [-0.2, -0.15) is 0 Å². The second-order valence-electron chi connectivity index (χ2n) is 7.48. The highest BCUT2D eigenvalue weighted by Crippen LogP contribution is 2.28. The predicted octanol–water partition coefficient (Wildman–Crippen LogP) is 3.37. The van der Waals surface area contributed by atoms with Crippen LogP contribution in [0.2, 0.25) is 0 Å². The number of piperidine rings is 1. The highest BCUT2D eigenvalue weighted by atomic mass is 35.5. The molecule has 1 saturated heterocycles. The maximum atomic E-state index is 12.9. The number of carbonyl (C=O) groups is 1. The smallest absolute Gasteiger partial charge is 0.232 e. The quantitative estimate of drug-likeness (QED) is 0.881. The molecule has 0 aromatic heterocycles. The average Bonchev–Trinajstić information content (AvgIpc) is 2.53. The molecule has 0 spiro atoms. The van der Waals surface area contributed by atoms with Gasteiger partial charge in [-0.05, 0) is 50.3 Å². The van der Waals surface area contributed by atoms with E-state index >= 15 is 0 Å². The number of hydrogen-bond donors (Lipinski definition) is 1. The molecule has 0 saturated carbocycles. The van der Waals surface area contributed by atoms with Crippen molar-refractivity contribution in [2.45, 2.75) is 52.0 Å². The molecule has 5 heteroatoms. The fraction of sp³-hybridized carbons (Fsp3) is 0.632. The van der Waals surface area contributed by atoms with Crippen molar-refractivity contribution in [2.24, 2.45) is 11.7 Å². The lowest BCUT2D eigenvalue weighted by Gasteiger charge is -2.36. The van der Waals surface area contributed by atoms with E-state index in [1.165, 1.54) is 0 Å². The Hall–Kier alpha value is -1.26. The van der Waals surface area contributed by atoms with Gasteiger partial charge in [0.05, 0.1) is 12.0 Å². The first-order chi connectivity index (χ1) is 10.8. The van der Waals surface area contributed by atoms with Gasteiger partial charge in [-0.25, -0.2) is 0 Å². The molecule has 1 aromatic rings. The third-order valence-electron chi connectivity index (χ3n) is 4.52. The molecule has 24 heavy (non-hydrogen) atoms. The van der Waals surface area contributed by atoms with Crippen LogP contribution < -0.4 is 10.5 Å². The van der Waals surface area contributed by atoms with Crippen molar-refractivity contribution < 1.29 is 9.53 Å². The van der Waals surface area contributed by atoms with Crippen LogP contribution in [0.4, 0.5) is 0 Å². The van der Waals surface area contributed by atoms with Crippen molar-refractivity contribution in [3.63, 3.8) is 0 Å². The van der Waals surface area contributed by atoms with Gasteiger partial charge >= 0.3 is 0 Å². The van der Waals surface area contributed by atoms with Crippen LogP contribution in [0.1, 0.15) is 46.1 Å². The maximum absolute atomic E-state index is 12.9. The molecular weight excluding hydrogens is 324 g/mol. The van der Waals surface area contributed by atoms with Crippen LogP contribution in [0, 0.1) is 5.92 Å². The number of likely N-dealkylation sites (tertiary alicyclic amines) is 1. The van der Waals surface area contributed by atoms with Gasteiger partial charge in [-0.3, -0.25) is 4.79 Å². The number of nitrogens with two attached hydrogens (primary N) is 1. The van der Waals surface area contributed by atoms with Gasteiger partial charge in [0.2, 0.25) is 5.91 Å². The SMILES string of the molecule is CC(C)COc1ccc(C(C)(C)C(=O)N2CCC(N)CC2)cc1.Cl. The molecule has 1 amide bonds. The molecule has 4 nitrogen and oxygen atoms in total. The van der Waals surface area contributed by atoms with Gasteiger partial charge in [0.1, 0.15) is 5.75 Å². The Labute approximate surface area is 152 Å². The summed E-state index contributed by atoms with van der Waals surface area (Å²) in [7, 11) is 0. The fourth-order valence-electron chi connectivity index (χ4n) is 2.85. The minimum Gasteiger partial charge on any atom is -0.493 e. The van der Waals surface area contributed by atoms with E-state index in [4.69, 9.17) is 10.5 Å². The standard InChI is InChI=1S/C19H30N2O2.ClH/c1-14(2)13-23-17-7-5-15(6-8-17)19(3,4)18(22)21-11-9-16(20)10-12-21;/h5-8,14,16H,9-13,20H2,1-4H3;1H. The van der Waals surface area contributed by atoms with E-state index in [1.807, 2.05) is 43.0 Å². The Bertz CT molecular complexity index is 521. The first-order valence-corrected chi connectivity index (χ1v) is 8.59. The average molecular weight is 355 g/mol. The zero-order valence-corrected chi connectivity index (χ0v) is 16.1. The Balaban J connectivity index is 0.00000288. The number of hydrogen-bond acceptors (Lipinski definition) is 3. The molecule has 0 aliphatic carbocycles. The molecule has 1 aromatic carbocycles. The summed E-state index contributed by atoms with van der Waals surface area (Å²) >= 11 is 0. The second kappa shape index (κ2) is 8.72.